The smallest absolute Gasteiger partial charge is 0.262 e. The van der Waals surface area contributed by atoms with Gasteiger partial charge in [0.1, 0.15) is 5.75 Å². The Balaban J connectivity index is 1.81. The number of carbonyl (C=O) groups is 1. The first kappa shape index (κ1) is 14.7. The summed E-state index contributed by atoms with van der Waals surface area (Å²) in [4.78, 5) is 11.7. The zero-order chi connectivity index (χ0) is 14.6. The Labute approximate surface area is 116 Å². The summed E-state index contributed by atoms with van der Waals surface area (Å²) >= 11 is 0. The van der Waals surface area contributed by atoms with E-state index in [2.05, 4.69) is 10.6 Å². The van der Waals surface area contributed by atoms with Crippen molar-refractivity contribution in [3.05, 3.63) is 29.8 Å². The van der Waals surface area contributed by atoms with Gasteiger partial charge in [-0.2, -0.15) is 0 Å². The molecule has 1 aromatic carbocycles. The molecule has 4 nitrogen and oxygen atoms in total. The van der Waals surface area contributed by atoms with E-state index < -0.39 is 30.8 Å². The molecule has 0 saturated carbocycles. The van der Waals surface area contributed by atoms with Gasteiger partial charge in [0.25, 0.3) is 5.92 Å². The number of carbonyl (C=O) groups excluding carboxylic acids is 1. The Bertz CT molecular complexity index is 463. The van der Waals surface area contributed by atoms with Gasteiger partial charge in [0.15, 0.2) is 0 Å². The van der Waals surface area contributed by atoms with E-state index in [1.807, 2.05) is 31.2 Å². The molecular weight excluding hydrogens is 266 g/mol. The molecular formula is C14H18F2N2O2. The monoisotopic (exact) mass is 284 g/mol. The number of amides is 1. The second-order valence-electron chi connectivity index (χ2n) is 4.79. The first-order valence-corrected chi connectivity index (χ1v) is 6.61. The quantitative estimate of drug-likeness (QED) is 0.865. The van der Waals surface area contributed by atoms with E-state index in [0.717, 1.165) is 11.3 Å². The molecule has 6 heteroatoms. The van der Waals surface area contributed by atoms with Crippen molar-refractivity contribution in [2.45, 2.75) is 31.9 Å². The molecule has 0 spiro atoms. The Morgan fingerprint density at radius 3 is 2.70 bits per heavy atom. The first-order valence-electron chi connectivity index (χ1n) is 6.61. The highest BCUT2D eigenvalue weighted by molar-refractivity contribution is 5.82. The SMILES string of the molecule is CCOc1ccc(CNC(=O)C2CC(F)(F)CN2)cc1. The van der Waals surface area contributed by atoms with Gasteiger partial charge in [0.05, 0.1) is 19.2 Å². The fraction of sp³-hybridized carbons (Fsp3) is 0.500. The Morgan fingerprint density at radius 1 is 1.45 bits per heavy atom. The van der Waals surface area contributed by atoms with Crippen molar-refractivity contribution in [3.63, 3.8) is 0 Å². The molecule has 2 rings (SSSR count). The minimum absolute atomic E-state index is 0.314. The molecule has 0 bridgehead atoms. The van der Waals surface area contributed by atoms with E-state index >= 15 is 0 Å². The van der Waals surface area contributed by atoms with E-state index in [4.69, 9.17) is 4.74 Å². The molecule has 110 valence electrons. The molecule has 0 radical (unpaired) electrons. The van der Waals surface area contributed by atoms with Crippen LogP contribution in [0.15, 0.2) is 24.3 Å². The number of alkyl halides is 2. The van der Waals surface area contributed by atoms with Gasteiger partial charge in [-0.05, 0) is 24.6 Å². The largest absolute Gasteiger partial charge is 0.494 e. The van der Waals surface area contributed by atoms with E-state index in [1.54, 1.807) is 0 Å². The Hall–Kier alpha value is -1.69. The third-order valence-corrected chi connectivity index (χ3v) is 3.13. The topological polar surface area (TPSA) is 50.4 Å². The van der Waals surface area contributed by atoms with Crippen LogP contribution in [0.4, 0.5) is 8.78 Å². The van der Waals surface area contributed by atoms with Crippen molar-refractivity contribution >= 4 is 5.91 Å². The Morgan fingerprint density at radius 2 is 2.15 bits per heavy atom. The summed E-state index contributed by atoms with van der Waals surface area (Å²) < 4.78 is 31.3. The molecule has 1 amide bonds. The second kappa shape index (κ2) is 6.17. The van der Waals surface area contributed by atoms with Gasteiger partial charge in [-0.15, -0.1) is 0 Å². The number of rotatable bonds is 5. The van der Waals surface area contributed by atoms with Crippen LogP contribution in [0, 0.1) is 0 Å². The highest BCUT2D eigenvalue weighted by Crippen LogP contribution is 2.25. The van der Waals surface area contributed by atoms with Crippen molar-refractivity contribution in [2.24, 2.45) is 0 Å². The van der Waals surface area contributed by atoms with E-state index in [1.165, 1.54) is 0 Å². The molecule has 1 saturated heterocycles. The van der Waals surface area contributed by atoms with Gasteiger partial charge in [-0.1, -0.05) is 12.1 Å². The predicted molar refractivity (Wildman–Crippen MR) is 70.8 cm³/mol. The van der Waals surface area contributed by atoms with Crippen LogP contribution in [0.5, 0.6) is 5.75 Å². The van der Waals surface area contributed by atoms with Gasteiger partial charge < -0.3 is 10.1 Å². The molecule has 1 unspecified atom stereocenters. The van der Waals surface area contributed by atoms with Crippen molar-refractivity contribution in [2.75, 3.05) is 13.2 Å². The second-order valence-corrected chi connectivity index (χ2v) is 4.79. The fourth-order valence-electron chi connectivity index (χ4n) is 2.08. The summed E-state index contributed by atoms with van der Waals surface area (Å²) in [5.74, 6) is -2.42. The maximum Gasteiger partial charge on any atom is 0.262 e. The molecule has 1 atom stereocenters. The van der Waals surface area contributed by atoms with Crippen molar-refractivity contribution < 1.29 is 18.3 Å². The van der Waals surface area contributed by atoms with E-state index in [9.17, 15) is 13.6 Å². The molecule has 2 N–H and O–H groups in total. The molecule has 1 heterocycles. The minimum atomic E-state index is -2.79. The lowest BCUT2D eigenvalue weighted by Gasteiger charge is -2.11. The van der Waals surface area contributed by atoms with Gasteiger partial charge in [0.2, 0.25) is 5.91 Å². The van der Waals surface area contributed by atoms with Crippen LogP contribution < -0.4 is 15.4 Å². The van der Waals surface area contributed by atoms with Gasteiger partial charge >= 0.3 is 0 Å². The lowest BCUT2D eigenvalue weighted by atomic mass is 10.1. The van der Waals surface area contributed by atoms with Crippen LogP contribution in [-0.4, -0.2) is 31.0 Å². The average molecular weight is 284 g/mol. The van der Waals surface area contributed by atoms with E-state index in [0.29, 0.717) is 13.2 Å². The summed E-state index contributed by atoms with van der Waals surface area (Å²) in [6, 6.07) is 6.48. The summed E-state index contributed by atoms with van der Waals surface area (Å²) in [5.41, 5.74) is 0.895. The van der Waals surface area contributed by atoms with E-state index in [-0.39, 0.29) is 0 Å². The molecule has 1 fully saturated rings. The van der Waals surface area contributed by atoms with Gasteiger partial charge in [-0.3, -0.25) is 10.1 Å². The molecule has 20 heavy (non-hydrogen) atoms. The summed E-state index contributed by atoms with van der Waals surface area (Å²) in [6.07, 6.45) is -0.442. The number of hydrogen-bond acceptors (Lipinski definition) is 3. The van der Waals surface area contributed by atoms with Crippen molar-refractivity contribution in [3.8, 4) is 5.75 Å². The number of hydrogen-bond donors (Lipinski definition) is 2. The third kappa shape index (κ3) is 3.90. The van der Waals surface area contributed by atoms with Crippen molar-refractivity contribution in [1.29, 1.82) is 0 Å². The summed E-state index contributed by atoms with van der Waals surface area (Å²) in [7, 11) is 0. The maximum absolute atomic E-state index is 13.0. The zero-order valence-electron chi connectivity index (χ0n) is 11.3. The average Bonchev–Trinajstić information content (AvgIpc) is 2.78. The molecule has 0 aromatic heterocycles. The predicted octanol–water partition coefficient (Wildman–Crippen LogP) is 1.70. The minimum Gasteiger partial charge on any atom is -0.494 e. The van der Waals surface area contributed by atoms with Crippen molar-refractivity contribution in [1.82, 2.24) is 10.6 Å². The summed E-state index contributed by atoms with van der Waals surface area (Å²) in [6.45, 7) is 2.37. The number of nitrogens with one attached hydrogen (secondary N) is 2. The normalized spacial score (nSPS) is 20.6. The molecule has 0 aliphatic carbocycles. The standard InChI is InChI=1S/C14H18F2N2O2/c1-2-20-11-5-3-10(4-6-11)8-17-13(19)12-7-14(15,16)9-18-12/h3-6,12,18H,2,7-9H2,1H3,(H,17,19). The third-order valence-electron chi connectivity index (χ3n) is 3.13. The fourth-order valence-corrected chi connectivity index (χ4v) is 2.08. The lowest BCUT2D eigenvalue weighted by Crippen LogP contribution is -2.39. The van der Waals surface area contributed by atoms with Gasteiger partial charge in [0, 0.05) is 13.0 Å². The van der Waals surface area contributed by atoms with Crippen LogP contribution in [0.2, 0.25) is 0 Å². The lowest BCUT2D eigenvalue weighted by molar-refractivity contribution is -0.123. The Kier molecular flexibility index (Phi) is 4.54. The maximum atomic E-state index is 13.0. The number of halogens is 2. The van der Waals surface area contributed by atoms with Crippen LogP contribution >= 0.6 is 0 Å². The zero-order valence-corrected chi connectivity index (χ0v) is 11.3. The molecule has 1 aromatic rings. The van der Waals surface area contributed by atoms with Crippen LogP contribution in [0.3, 0.4) is 0 Å². The first-order chi connectivity index (χ1) is 9.50. The molecule has 1 aliphatic heterocycles. The number of benzene rings is 1. The highest BCUT2D eigenvalue weighted by Gasteiger charge is 2.42. The number of ether oxygens (including phenoxy) is 1. The van der Waals surface area contributed by atoms with Crippen LogP contribution in [-0.2, 0) is 11.3 Å². The summed E-state index contributed by atoms with van der Waals surface area (Å²) in [5, 5.41) is 5.18. The highest BCUT2D eigenvalue weighted by atomic mass is 19.3. The van der Waals surface area contributed by atoms with Crippen LogP contribution in [0.1, 0.15) is 18.9 Å². The van der Waals surface area contributed by atoms with Crippen LogP contribution in [0.25, 0.3) is 0 Å². The molecule has 1 aliphatic rings. The van der Waals surface area contributed by atoms with Gasteiger partial charge in [-0.25, -0.2) is 8.78 Å².